The highest BCUT2D eigenvalue weighted by Crippen LogP contribution is 2.31. The van der Waals surface area contributed by atoms with E-state index in [9.17, 15) is 9.59 Å². The summed E-state index contributed by atoms with van der Waals surface area (Å²) in [6, 6.07) is 15.8. The Bertz CT molecular complexity index is 877. The van der Waals surface area contributed by atoms with Crippen molar-refractivity contribution in [2.45, 2.75) is 13.3 Å². The fraction of sp³-hybridized carbons (Fsp3) is 0.364. The maximum atomic E-state index is 13.1. The second-order valence-corrected chi connectivity index (χ2v) is 7.12. The largest absolute Gasteiger partial charge is 0.378 e. The summed E-state index contributed by atoms with van der Waals surface area (Å²) in [5, 5.41) is 0. The number of hydrogen-bond donors (Lipinski definition) is 0. The number of carbonyl (C=O) groups excluding carboxylic acids is 2. The SMILES string of the molecule is CC(=O)N(CC(=O)N1CCc2ccccc21)c1ccccc1N1CCOCC1. The number of amides is 2. The van der Waals surface area contributed by atoms with Crippen LogP contribution < -0.4 is 14.7 Å². The van der Waals surface area contributed by atoms with Crippen LogP contribution in [0.1, 0.15) is 12.5 Å². The third-order valence-corrected chi connectivity index (χ3v) is 5.39. The van der Waals surface area contributed by atoms with Gasteiger partial charge in [0.05, 0.1) is 24.6 Å². The number of fused-ring (bicyclic) bond motifs is 1. The summed E-state index contributed by atoms with van der Waals surface area (Å²) in [5.41, 5.74) is 3.88. The molecule has 0 atom stereocenters. The number of morpholine rings is 1. The molecule has 28 heavy (non-hydrogen) atoms. The van der Waals surface area contributed by atoms with Gasteiger partial charge < -0.3 is 19.4 Å². The molecule has 2 heterocycles. The molecule has 0 spiro atoms. The first-order chi connectivity index (χ1) is 13.6. The summed E-state index contributed by atoms with van der Waals surface area (Å²) >= 11 is 0. The van der Waals surface area contributed by atoms with Gasteiger partial charge in [0.25, 0.3) is 0 Å². The molecule has 6 heteroatoms. The normalized spacial score (nSPS) is 16.0. The molecule has 2 aliphatic heterocycles. The van der Waals surface area contributed by atoms with Crippen molar-refractivity contribution < 1.29 is 14.3 Å². The lowest BCUT2D eigenvalue weighted by molar-refractivity contribution is -0.121. The average Bonchev–Trinajstić information content (AvgIpc) is 3.17. The van der Waals surface area contributed by atoms with Crippen LogP contribution in [-0.4, -0.2) is 51.2 Å². The number of ether oxygens (including phenoxy) is 1. The molecular formula is C22H25N3O3. The minimum absolute atomic E-state index is 0.0328. The molecule has 0 bridgehead atoms. The zero-order valence-corrected chi connectivity index (χ0v) is 16.1. The molecular weight excluding hydrogens is 354 g/mol. The molecule has 2 aromatic rings. The van der Waals surface area contributed by atoms with Crippen molar-refractivity contribution in [1.29, 1.82) is 0 Å². The molecule has 2 aliphatic rings. The number of nitrogens with zero attached hydrogens (tertiary/aromatic N) is 3. The van der Waals surface area contributed by atoms with Crippen LogP contribution in [0.15, 0.2) is 48.5 Å². The van der Waals surface area contributed by atoms with Gasteiger partial charge in [0.1, 0.15) is 6.54 Å². The van der Waals surface area contributed by atoms with Crippen molar-refractivity contribution in [2.75, 3.05) is 54.1 Å². The van der Waals surface area contributed by atoms with Crippen LogP contribution >= 0.6 is 0 Å². The van der Waals surface area contributed by atoms with Gasteiger partial charge in [0.15, 0.2) is 0 Å². The molecule has 4 rings (SSSR count). The van der Waals surface area contributed by atoms with E-state index in [4.69, 9.17) is 4.74 Å². The topological polar surface area (TPSA) is 53.1 Å². The van der Waals surface area contributed by atoms with E-state index in [1.165, 1.54) is 12.5 Å². The standard InChI is InChI=1S/C22H25N3O3/c1-17(26)25(16-22(27)24-11-10-18-6-2-3-7-19(18)24)21-9-5-4-8-20(21)23-12-14-28-15-13-23/h2-9H,10-16H2,1H3. The van der Waals surface area contributed by atoms with Crippen LogP contribution in [0, 0.1) is 0 Å². The van der Waals surface area contributed by atoms with E-state index in [0.29, 0.717) is 19.8 Å². The number of carbonyl (C=O) groups is 2. The summed E-state index contributed by atoms with van der Waals surface area (Å²) in [5.74, 6) is -0.196. The predicted molar refractivity (Wildman–Crippen MR) is 110 cm³/mol. The van der Waals surface area contributed by atoms with Crippen molar-refractivity contribution in [3.63, 3.8) is 0 Å². The molecule has 0 aromatic heterocycles. The van der Waals surface area contributed by atoms with Gasteiger partial charge in [0.2, 0.25) is 11.8 Å². The van der Waals surface area contributed by atoms with Crippen molar-refractivity contribution in [2.24, 2.45) is 0 Å². The second-order valence-electron chi connectivity index (χ2n) is 7.12. The van der Waals surface area contributed by atoms with E-state index in [-0.39, 0.29) is 18.4 Å². The van der Waals surface area contributed by atoms with Gasteiger partial charge in [-0.25, -0.2) is 0 Å². The molecule has 146 valence electrons. The molecule has 1 saturated heterocycles. The van der Waals surface area contributed by atoms with E-state index in [1.54, 1.807) is 9.80 Å². The molecule has 2 amide bonds. The van der Waals surface area contributed by atoms with Gasteiger partial charge in [-0.1, -0.05) is 30.3 Å². The highest BCUT2D eigenvalue weighted by molar-refractivity contribution is 6.05. The van der Waals surface area contributed by atoms with Gasteiger partial charge >= 0.3 is 0 Å². The highest BCUT2D eigenvalue weighted by Gasteiger charge is 2.28. The zero-order chi connectivity index (χ0) is 19.5. The van der Waals surface area contributed by atoms with E-state index < -0.39 is 0 Å². The first-order valence-corrected chi connectivity index (χ1v) is 9.73. The minimum Gasteiger partial charge on any atom is -0.378 e. The lowest BCUT2D eigenvalue weighted by Crippen LogP contribution is -2.43. The van der Waals surface area contributed by atoms with Crippen LogP contribution in [0.5, 0.6) is 0 Å². The number of hydrogen-bond acceptors (Lipinski definition) is 4. The number of benzene rings is 2. The van der Waals surface area contributed by atoms with Crippen LogP contribution in [0.25, 0.3) is 0 Å². The molecule has 6 nitrogen and oxygen atoms in total. The Balaban J connectivity index is 1.59. The highest BCUT2D eigenvalue weighted by atomic mass is 16.5. The molecule has 2 aromatic carbocycles. The Hall–Kier alpha value is -2.86. The Labute approximate surface area is 165 Å². The zero-order valence-electron chi connectivity index (χ0n) is 16.1. The average molecular weight is 379 g/mol. The monoisotopic (exact) mass is 379 g/mol. The van der Waals surface area contributed by atoms with Gasteiger partial charge in [-0.3, -0.25) is 9.59 Å². The van der Waals surface area contributed by atoms with Crippen LogP contribution in [0.4, 0.5) is 17.1 Å². The van der Waals surface area contributed by atoms with E-state index >= 15 is 0 Å². The summed E-state index contributed by atoms with van der Waals surface area (Å²) < 4.78 is 5.45. The second kappa shape index (κ2) is 8.02. The Morgan fingerprint density at radius 3 is 2.39 bits per heavy atom. The molecule has 0 unspecified atom stereocenters. The summed E-state index contributed by atoms with van der Waals surface area (Å²) in [4.78, 5) is 31.2. The van der Waals surface area contributed by atoms with E-state index in [0.717, 1.165) is 36.6 Å². The first kappa shape index (κ1) is 18.5. The summed E-state index contributed by atoms with van der Waals surface area (Å²) in [7, 11) is 0. The fourth-order valence-electron chi connectivity index (χ4n) is 3.95. The smallest absolute Gasteiger partial charge is 0.247 e. The van der Waals surface area contributed by atoms with Gasteiger partial charge in [0, 0.05) is 32.2 Å². The Kier molecular flexibility index (Phi) is 5.30. The minimum atomic E-state index is -0.137. The van der Waals surface area contributed by atoms with Gasteiger partial charge in [-0.15, -0.1) is 0 Å². The predicted octanol–water partition coefficient (Wildman–Crippen LogP) is 2.47. The summed E-state index contributed by atoms with van der Waals surface area (Å²) in [6.07, 6.45) is 0.854. The van der Waals surface area contributed by atoms with E-state index in [1.807, 2.05) is 42.5 Å². The van der Waals surface area contributed by atoms with Crippen molar-refractivity contribution >= 4 is 28.9 Å². The Morgan fingerprint density at radius 2 is 1.64 bits per heavy atom. The van der Waals surface area contributed by atoms with Crippen molar-refractivity contribution in [3.05, 3.63) is 54.1 Å². The molecule has 0 N–H and O–H groups in total. The van der Waals surface area contributed by atoms with Crippen LogP contribution in [-0.2, 0) is 20.7 Å². The molecule has 0 saturated carbocycles. The third kappa shape index (κ3) is 3.60. The Morgan fingerprint density at radius 1 is 0.964 bits per heavy atom. The molecule has 0 radical (unpaired) electrons. The first-order valence-electron chi connectivity index (χ1n) is 9.73. The summed E-state index contributed by atoms with van der Waals surface area (Å²) in [6.45, 7) is 5.09. The van der Waals surface area contributed by atoms with Crippen molar-refractivity contribution in [3.8, 4) is 0 Å². The van der Waals surface area contributed by atoms with Gasteiger partial charge in [-0.05, 0) is 30.2 Å². The molecule has 1 fully saturated rings. The van der Waals surface area contributed by atoms with Crippen molar-refractivity contribution in [1.82, 2.24) is 0 Å². The number of rotatable bonds is 4. The fourth-order valence-corrected chi connectivity index (χ4v) is 3.95. The quantitative estimate of drug-likeness (QED) is 0.819. The van der Waals surface area contributed by atoms with Crippen LogP contribution in [0.2, 0.25) is 0 Å². The maximum Gasteiger partial charge on any atom is 0.247 e. The number of para-hydroxylation sites is 3. The van der Waals surface area contributed by atoms with Gasteiger partial charge in [-0.2, -0.15) is 0 Å². The maximum absolute atomic E-state index is 13.1. The third-order valence-electron chi connectivity index (χ3n) is 5.39. The van der Waals surface area contributed by atoms with Crippen LogP contribution in [0.3, 0.4) is 0 Å². The lowest BCUT2D eigenvalue weighted by Gasteiger charge is -2.33. The lowest BCUT2D eigenvalue weighted by atomic mass is 10.2. The number of anilines is 3. The van der Waals surface area contributed by atoms with E-state index in [2.05, 4.69) is 11.0 Å². The molecule has 0 aliphatic carbocycles.